The third-order valence-corrected chi connectivity index (χ3v) is 3.02. The van der Waals surface area contributed by atoms with E-state index < -0.39 is 0 Å². The topological polar surface area (TPSA) is 39.7 Å². The second kappa shape index (κ2) is 5.38. The van der Waals surface area contributed by atoms with Crippen molar-refractivity contribution in [2.45, 2.75) is 13.0 Å². The number of morpholine rings is 1. The monoisotopic (exact) mass is 237 g/mol. The van der Waals surface area contributed by atoms with Crippen LogP contribution < -0.4 is 14.8 Å². The van der Waals surface area contributed by atoms with Crippen LogP contribution in [0.15, 0.2) is 12.1 Å². The highest BCUT2D eigenvalue weighted by Gasteiger charge is 2.22. The molecule has 1 unspecified atom stereocenters. The molecule has 94 valence electrons. The summed E-state index contributed by atoms with van der Waals surface area (Å²) in [6.07, 6.45) is 0.0354. The van der Waals surface area contributed by atoms with Gasteiger partial charge in [-0.15, -0.1) is 0 Å². The van der Waals surface area contributed by atoms with Crippen molar-refractivity contribution in [3.63, 3.8) is 0 Å². The van der Waals surface area contributed by atoms with Crippen LogP contribution in [0, 0.1) is 6.92 Å². The number of hydrogen-bond donors (Lipinski definition) is 1. The minimum Gasteiger partial charge on any atom is -0.493 e. The summed E-state index contributed by atoms with van der Waals surface area (Å²) in [6.45, 7) is 4.44. The molecular formula is C13H19NO3. The maximum atomic E-state index is 5.75. The van der Waals surface area contributed by atoms with Gasteiger partial charge in [-0.2, -0.15) is 0 Å². The Hall–Kier alpha value is -1.26. The second-order valence-corrected chi connectivity index (χ2v) is 4.10. The average Bonchev–Trinajstić information content (AvgIpc) is 2.39. The number of benzene rings is 1. The van der Waals surface area contributed by atoms with Gasteiger partial charge in [-0.25, -0.2) is 0 Å². The Kier molecular flexibility index (Phi) is 3.86. The molecule has 0 saturated carbocycles. The van der Waals surface area contributed by atoms with Gasteiger partial charge in [-0.05, 0) is 12.5 Å². The standard InChI is InChI=1S/C13H19NO3/c1-9-4-5-10(11-8-14-6-7-17-11)13(16-3)12(9)15-2/h4-5,11,14H,6-8H2,1-3H3. The minimum atomic E-state index is 0.0354. The van der Waals surface area contributed by atoms with Gasteiger partial charge in [-0.1, -0.05) is 12.1 Å². The molecule has 17 heavy (non-hydrogen) atoms. The SMILES string of the molecule is COc1c(C)ccc(C2CNCCO2)c1OC. The number of aryl methyl sites for hydroxylation is 1. The summed E-state index contributed by atoms with van der Waals surface area (Å²) in [5, 5.41) is 3.32. The van der Waals surface area contributed by atoms with Gasteiger partial charge < -0.3 is 19.5 Å². The van der Waals surface area contributed by atoms with Gasteiger partial charge in [-0.3, -0.25) is 0 Å². The Bertz CT molecular complexity index is 386. The first-order valence-corrected chi connectivity index (χ1v) is 5.81. The Balaban J connectivity index is 2.38. The first-order chi connectivity index (χ1) is 8.27. The van der Waals surface area contributed by atoms with E-state index >= 15 is 0 Å². The molecule has 0 amide bonds. The van der Waals surface area contributed by atoms with Crippen LogP contribution in [0.4, 0.5) is 0 Å². The van der Waals surface area contributed by atoms with Crippen molar-refractivity contribution in [1.82, 2.24) is 5.32 Å². The van der Waals surface area contributed by atoms with E-state index in [4.69, 9.17) is 14.2 Å². The van der Waals surface area contributed by atoms with Crippen LogP contribution in [-0.4, -0.2) is 33.9 Å². The summed E-state index contributed by atoms with van der Waals surface area (Å²) in [5.74, 6) is 1.57. The highest BCUT2D eigenvalue weighted by Crippen LogP contribution is 2.38. The highest BCUT2D eigenvalue weighted by molar-refractivity contribution is 5.52. The zero-order valence-corrected chi connectivity index (χ0v) is 10.6. The molecule has 0 bridgehead atoms. The van der Waals surface area contributed by atoms with Gasteiger partial charge in [0, 0.05) is 18.7 Å². The largest absolute Gasteiger partial charge is 0.493 e. The molecule has 0 spiro atoms. The van der Waals surface area contributed by atoms with Gasteiger partial charge in [0.15, 0.2) is 11.5 Å². The van der Waals surface area contributed by atoms with E-state index in [1.54, 1.807) is 14.2 Å². The molecule has 1 atom stereocenters. The van der Waals surface area contributed by atoms with Crippen LogP contribution in [0.1, 0.15) is 17.2 Å². The lowest BCUT2D eigenvalue weighted by molar-refractivity contribution is 0.0260. The van der Waals surface area contributed by atoms with Crippen LogP contribution in [0.5, 0.6) is 11.5 Å². The molecule has 1 heterocycles. The third-order valence-electron chi connectivity index (χ3n) is 3.02. The highest BCUT2D eigenvalue weighted by atomic mass is 16.5. The molecule has 0 radical (unpaired) electrons. The molecule has 4 heteroatoms. The molecule has 4 nitrogen and oxygen atoms in total. The normalized spacial score (nSPS) is 20.1. The van der Waals surface area contributed by atoms with Crippen molar-refractivity contribution in [2.75, 3.05) is 33.9 Å². The fraction of sp³-hybridized carbons (Fsp3) is 0.538. The number of ether oxygens (including phenoxy) is 3. The Labute approximate surface area is 102 Å². The van der Waals surface area contributed by atoms with Crippen LogP contribution in [0.25, 0.3) is 0 Å². The van der Waals surface area contributed by atoms with E-state index in [1.165, 1.54) is 0 Å². The van der Waals surface area contributed by atoms with E-state index in [2.05, 4.69) is 5.32 Å². The number of methoxy groups -OCH3 is 2. The molecular weight excluding hydrogens is 218 g/mol. The first kappa shape index (κ1) is 12.2. The predicted octanol–water partition coefficient (Wildman–Crippen LogP) is 1.67. The predicted molar refractivity (Wildman–Crippen MR) is 65.8 cm³/mol. The van der Waals surface area contributed by atoms with Crippen molar-refractivity contribution in [2.24, 2.45) is 0 Å². The summed E-state index contributed by atoms with van der Waals surface area (Å²) in [6, 6.07) is 4.09. The Morgan fingerprint density at radius 1 is 1.24 bits per heavy atom. The summed E-state index contributed by atoms with van der Waals surface area (Å²) in [7, 11) is 3.33. The van der Waals surface area contributed by atoms with Crippen LogP contribution in [0.2, 0.25) is 0 Å². The van der Waals surface area contributed by atoms with Crippen molar-refractivity contribution in [3.8, 4) is 11.5 Å². The number of rotatable bonds is 3. The zero-order valence-electron chi connectivity index (χ0n) is 10.6. The minimum absolute atomic E-state index is 0.0354. The molecule has 2 rings (SSSR count). The third kappa shape index (κ3) is 2.37. The Morgan fingerprint density at radius 3 is 2.59 bits per heavy atom. The van der Waals surface area contributed by atoms with Crippen LogP contribution in [-0.2, 0) is 4.74 Å². The van der Waals surface area contributed by atoms with E-state index in [0.717, 1.165) is 42.3 Å². The maximum absolute atomic E-state index is 5.75. The Morgan fingerprint density at radius 2 is 2.00 bits per heavy atom. The van der Waals surface area contributed by atoms with E-state index in [1.807, 2.05) is 19.1 Å². The molecule has 1 N–H and O–H groups in total. The van der Waals surface area contributed by atoms with Gasteiger partial charge >= 0.3 is 0 Å². The van der Waals surface area contributed by atoms with E-state index in [0.29, 0.717) is 0 Å². The quantitative estimate of drug-likeness (QED) is 0.868. The van der Waals surface area contributed by atoms with E-state index in [9.17, 15) is 0 Å². The molecule has 1 saturated heterocycles. The van der Waals surface area contributed by atoms with Gasteiger partial charge in [0.25, 0.3) is 0 Å². The van der Waals surface area contributed by atoms with Crippen molar-refractivity contribution in [3.05, 3.63) is 23.3 Å². The lowest BCUT2D eigenvalue weighted by atomic mass is 10.0. The molecule has 1 aromatic rings. The molecule has 1 fully saturated rings. The maximum Gasteiger partial charge on any atom is 0.166 e. The van der Waals surface area contributed by atoms with Crippen LogP contribution >= 0.6 is 0 Å². The van der Waals surface area contributed by atoms with E-state index in [-0.39, 0.29) is 6.10 Å². The second-order valence-electron chi connectivity index (χ2n) is 4.10. The first-order valence-electron chi connectivity index (χ1n) is 5.81. The van der Waals surface area contributed by atoms with Crippen LogP contribution in [0.3, 0.4) is 0 Å². The van der Waals surface area contributed by atoms with Gasteiger partial charge in [0.2, 0.25) is 0 Å². The fourth-order valence-electron chi connectivity index (χ4n) is 2.16. The van der Waals surface area contributed by atoms with Gasteiger partial charge in [0.05, 0.1) is 26.9 Å². The molecule has 1 aromatic carbocycles. The smallest absolute Gasteiger partial charge is 0.166 e. The summed E-state index contributed by atoms with van der Waals surface area (Å²) in [4.78, 5) is 0. The fourth-order valence-corrected chi connectivity index (χ4v) is 2.16. The van der Waals surface area contributed by atoms with Crippen molar-refractivity contribution in [1.29, 1.82) is 0 Å². The van der Waals surface area contributed by atoms with Gasteiger partial charge in [0.1, 0.15) is 0 Å². The zero-order chi connectivity index (χ0) is 12.3. The molecule has 0 aromatic heterocycles. The number of nitrogens with one attached hydrogen (secondary N) is 1. The number of hydrogen-bond acceptors (Lipinski definition) is 4. The molecule has 1 aliphatic heterocycles. The van der Waals surface area contributed by atoms with Crippen molar-refractivity contribution < 1.29 is 14.2 Å². The summed E-state index contributed by atoms with van der Waals surface area (Å²) in [5.41, 5.74) is 2.11. The average molecular weight is 237 g/mol. The summed E-state index contributed by atoms with van der Waals surface area (Å²) >= 11 is 0. The lowest BCUT2D eigenvalue weighted by Gasteiger charge is -2.26. The lowest BCUT2D eigenvalue weighted by Crippen LogP contribution is -2.33. The summed E-state index contributed by atoms with van der Waals surface area (Å²) < 4.78 is 16.6. The molecule has 1 aliphatic rings. The van der Waals surface area contributed by atoms with Crippen molar-refractivity contribution >= 4 is 0 Å². The molecule has 0 aliphatic carbocycles.